The van der Waals surface area contributed by atoms with Gasteiger partial charge >= 0.3 is 0 Å². The average molecular weight is 282 g/mol. The highest BCUT2D eigenvalue weighted by Crippen LogP contribution is 2.14. The van der Waals surface area contributed by atoms with E-state index >= 15 is 0 Å². The van der Waals surface area contributed by atoms with E-state index < -0.39 is 0 Å². The Morgan fingerprint density at radius 1 is 1.30 bits per heavy atom. The van der Waals surface area contributed by atoms with Crippen LogP contribution in [0.5, 0.6) is 0 Å². The van der Waals surface area contributed by atoms with Crippen molar-refractivity contribution in [1.82, 2.24) is 4.98 Å². The van der Waals surface area contributed by atoms with Crippen LogP contribution in [-0.2, 0) is 4.79 Å². The van der Waals surface area contributed by atoms with E-state index in [2.05, 4.69) is 10.3 Å². The van der Waals surface area contributed by atoms with Crippen molar-refractivity contribution >= 4 is 17.4 Å². The molecule has 0 saturated carbocycles. The Labute approximate surface area is 118 Å². The van der Waals surface area contributed by atoms with Crippen LogP contribution in [0.4, 0.5) is 11.5 Å². The third kappa shape index (κ3) is 5.52. The summed E-state index contributed by atoms with van der Waals surface area (Å²) in [6, 6.07) is 3.48. The number of carbonyl (C=O) groups is 1. The maximum atomic E-state index is 11.5. The van der Waals surface area contributed by atoms with Gasteiger partial charge in [0.05, 0.1) is 25.1 Å². The van der Waals surface area contributed by atoms with Gasteiger partial charge in [-0.2, -0.15) is 0 Å². The zero-order valence-electron chi connectivity index (χ0n) is 11.5. The van der Waals surface area contributed by atoms with Crippen LogP contribution in [0.15, 0.2) is 18.3 Å². The zero-order chi connectivity index (χ0) is 14.8. The number of hydrogen-bond acceptors (Lipinski definition) is 6. The summed E-state index contributed by atoms with van der Waals surface area (Å²) >= 11 is 0. The van der Waals surface area contributed by atoms with Crippen LogP contribution in [0.3, 0.4) is 0 Å². The number of nitrogens with two attached hydrogens (primary N) is 1. The molecule has 0 aliphatic heterocycles. The summed E-state index contributed by atoms with van der Waals surface area (Å²) in [5.74, 6) is 0.556. The first kappa shape index (κ1) is 16.4. The first-order valence-corrected chi connectivity index (χ1v) is 6.64. The number of aromatic nitrogens is 1. The quantitative estimate of drug-likeness (QED) is 0.488. The zero-order valence-corrected chi connectivity index (χ0v) is 11.5. The molecule has 1 aromatic heterocycles. The lowest BCUT2D eigenvalue weighted by Gasteiger charge is -2.21. The number of aliphatic hydroxyl groups is 2. The molecule has 1 amide bonds. The van der Waals surface area contributed by atoms with Crippen molar-refractivity contribution in [2.75, 3.05) is 43.1 Å². The van der Waals surface area contributed by atoms with Crippen molar-refractivity contribution in [3.05, 3.63) is 18.3 Å². The lowest BCUT2D eigenvalue weighted by atomic mass is 10.3. The fourth-order valence-corrected chi connectivity index (χ4v) is 1.72. The van der Waals surface area contributed by atoms with Gasteiger partial charge in [0.2, 0.25) is 5.91 Å². The molecule has 7 nitrogen and oxygen atoms in total. The van der Waals surface area contributed by atoms with Crippen LogP contribution in [0.25, 0.3) is 0 Å². The van der Waals surface area contributed by atoms with E-state index in [4.69, 9.17) is 15.9 Å². The molecule has 0 saturated heterocycles. The van der Waals surface area contributed by atoms with Crippen molar-refractivity contribution in [2.45, 2.75) is 12.8 Å². The van der Waals surface area contributed by atoms with Crippen LogP contribution in [-0.4, -0.2) is 54.0 Å². The molecule has 7 heteroatoms. The first-order valence-electron chi connectivity index (χ1n) is 6.64. The second kappa shape index (κ2) is 9.24. The summed E-state index contributed by atoms with van der Waals surface area (Å²) in [5.41, 5.74) is 5.96. The number of amides is 1. The smallest absolute Gasteiger partial charge is 0.224 e. The van der Waals surface area contributed by atoms with Crippen LogP contribution in [0, 0.1) is 0 Å². The molecule has 0 spiro atoms. The molecule has 0 unspecified atom stereocenters. The monoisotopic (exact) mass is 282 g/mol. The minimum absolute atomic E-state index is 0.0146. The van der Waals surface area contributed by atoms with Gasteiger partial charge in [0, 0.05) is 19.5 Å². The summed E-state index contributed by atoms with van der Waals surface area (Å²) in [5, 5.41) is 20.7. The highest BCUT2D eigenvalue weighted by molar-refractivity contribution is 5.90. The van der Waals surface area contributed by atoms with Gasteiger partial charge < -0.3 is 26.2 Å². The molecular formula is C13H22N4O3. The SMILES string of the molecule is NCCCC(=O)Nc1ccc(N(CCO)CCO)nc1. The molecule has 20 heavy (non-hydrogen) atoms. The highest BCUT2D eigenvalue weighted by Gasteiger charge is 2.07. The number of nitrogens with zero attached hydrogens (tertiary/aromatic N) is 2. The van der Waals surface area contributed by atoms with Gasteiger partial charge in [-0.25, -0.2) is 4.98 Å². The highest BCUT2D eigenvalue weighted by atomic mass is 16.3. The maximum absolute atomic E-state index is 11.5. The van der Waals surface area contributed by atoms with Gasteiger partial charge in [0.1, 0.15) is 5.82 Å². The molecule has 112 valence electrons. The van der Waals surface area contributed by atoms with Gasteiger partial charge in [-0.05, 0) is 25.1 Å². The van der Waals surface area contributed by atoms with Crippen LogP contribution >= 0.6 is 0 Å². The Kier molecular flexibility index (Phi) is 7.56. The molecule has 1 rings (SSSR count). The van der Waals surface area contributed by atoms with E-state index in [0.29, 0.717) is 44.0 Å². The van der Waals surface area contributed by atoms with Crippen LogP contribution in [0.1, 0.15) is 12.8 Å². The number of hydrogen-bond donors (Lipinski definition) is 4. The summed E-state index contributed by atoms with van der Waals surface area (Å²) < 4.78 is 0. The minimum Gasteiger partial charge on any atom is -0.395 e. The first-order chi connectivity index (χ1) is 9.71. The molecule has 0 fully saturated rings. The molecule has 0 aliphatic carbocycles. The number of anilines is 2. The Morgan fingerprint density at radius 2 is 2.00 bits per heavy atom. The van der Waals surface area contributed by atoms with E-state index in [1.807, 2.05) is 0 Å². The largest absolute Gasteiger partial charge is 0.395 e. The van der Waals surface area contributed by atoms with Crippen LogP contribution < -0.4 is 16.0 Å². The summed E-state index contributed by atoms with van der Waals surface area (Å²) in [6.07, 6.45) is 2.59. The van der Waals surface area contributed by atoms with Crippen molar-refractivity contribution in [3.63, 3.8) is 0 Å². The molecule has 0 atom stereocenters. The van der Waals surface area contributed by atoms with E-state index in [1.165, 1.54) is 0 Å². The standard InChI is InChI=1S/C13H22N4O3/c14-5-1-2-13(20)16-11-3-4-12(15-10-11)17(6-8-18)7-9-19/h3-4,10,18-19H,1-2,5-9,14H2,(H,16,20). The fourth-order valence-electron chi connectivity index (χ4n) is 1.72. The van der Waals surface area contributed by atoms with Gasteiger partial charge in [0.15, 0.2) is 0 Å². The number of pyridine rings is 1. The summed E-state index contributed by atoms with van der Waals surface area (Å²) in [6.45, 7) is 1.26. The Balaban J connectivity index is 2.60. The molecule has 0 bridgehead atoms. The lowest BCUT2D eigenvalue weighted by molar-refractivity contribution is -0.116. The predicted molar refractivity (Wildman–Crippen MR) is 77.5 cm³/mol. The third-order valence-corrected chi connectivity index (χ3v) is 2.70. The third-order valence-electron chi connectivity index (χ3n) is 2.70. The topological polar surface area (TPSA) is 112 Å². The molecule has 0 aliphatic rings. The Morgan fingerprint density at radius 3 is 2.50 bits per heavy atom. The molecule has 1 heterocycles. The Bertz CT molecular complexity index is 391. The van der Waals surface area contributed by atoms with Crippen molar-refractivity contribution in [1.29, 1.82) is 0 Å². The maximum Gasteiger partial charge on any atom is 0.224 e. The van der Waals surface area contributed by atoms with E-state index in [-0.39, 0.29) is 19.1 Å². The molecule has 5 N–H and O–H groups in total. The van der Waals surface area contributed by atoms with E-state index in [9.17, 15) is 4.79 Å². The van der Waals surface area contributed by atoms with Crippen molar-refractivity contribution in [2.24, 2.45) is 5.73 Å². The van der Waals surface area contributed by atoms with Crippen LogP contribution in [0.2, 0.25) is 0 Å². The van der Waals surface area contributed by atoms with Gasteiger partial charge in [-0.15, -0.1) is 0 Å². The molecule has 1 aromatic rings. The molecule has 0 radical (unpaired) electrons. The summed E-state index contributed by atoms with van der Waals surface area (Å²) in [7, 11) is 0. The summed E-state index contributed by atoms with van der Waals surface area (Å²) in [4.78, 5) is 17.5. The predicted octanol–water partition coefficient (Wildman–Crippen LogP) is -0.450. The number of nitrogens with one attached hydrogen (secondary N) is 1. The Hall–Kier alpha value is -1.70. The second-order valence-corrected chi connectivity index (χ2v) is 4.28. The number of aliphatic hydroxyl groups excluding tert-OH is 2. The number of carbonyl (C=O) groups excluding carboxylic acids is 1. The minimum atomic E-state index is -0.0902. The molecular weight excluding hydrogens is 260 g/mol. The fraction of sp³-hybridized carbons (Fsp3) is 0.538. The second-order valence-electron chi connectivity index (χ2n) is 4.28. The van der Waals surface area contributed by atoms with E-state index in [0.717, 1.165) is 0 Å². The van der Waals surface area contributed by atoms with Gasteiger partial charge in [0.25, 0.3) is 0 Å². The average Bonchev–Trinajstić information content (AvgIpc) is 2.46. The van der Waals surface area contributed by atoms with Crippen molar-refractivity contribution in [3.8, 4) is 0 Å². The molecule has 0 aromatic carbocycles. The lowest BCUT2D eigenvalue weighted by Crippen LogP contribution is -2.30. The normalized spacial score (nSPS) is 10.3. The number of rotatable bonds is 9. The van der Waals surface area contributed by atoms with Crippen molar-refractivity contribution < 1.29 is 15.0 Å². The van der Waals surface area contributed by atoms with Gasteiger partial charge in [-0.1, -0.05) is 0 Å². The van der Waals surface area contributed by atoms with Gasteiger partial charge in [-0.3, -0.25) is 4.79 Å². The van der Waals surface area contributed by atoms with E-state index in [1.54, 1.807) is 23.2 Å².